The van der Waals surface area contributed by atoms with E-state index in [0.29, 0.717) is 22.1 Å². The van der Waals surface area contributed by atoms with Gasteiger partial charge < -0.3 is 10.1 Å². The number of hydrogen-bond acceptors (Lipinski definition) is 6. The number of carbonyl (C=O) groups is 1. The Balaban J connectivity index is 1.82. The quantitative estimate of drug-likeness (QED) is 0.558. The Bertz CT molecular complexity index is 1120. The van der Waals surface area contributed by atoms with E-state index in [2.05, 4.69) is 27.2 Å². The van der Waals surface area contributed by atoms with Gasteiger partial charge in [0, 0.05) is 23.0 Å². The Morgan fingerprint density at radius 2 is 2.17 bits per heavy atom. The summed E-state index contributed by atoms with van der Waals surface area (Å²) in [5.74, 6) is 0.0854. The summed E-state index contributed by atoms with van der Waals surface area (Å²) >= 11 is 6.07. The highest BCUT2D eigenvalue weighted by Crippen LogP contribution is 2.39. The van der Waals surface area contributed by atoms with E-state index >= 15 is 0 Å². The number of aryl methyl sites for hydroxylation is 1. The molecule has 0 fully saturated rings. The molecule has 8 heteroatoms. The maximum absolute atomic E-state index is 14.5. The zero-order valence-electron chi connectivity index (χ0n) is 16.6. The summed E-state index contributed by atoms with van der Waals surface area (Å²) in [5.41, 5.74) is 2.87. The fourth-order valence-corrected chi connectivity index (χ4v) is 3.78. The van der Waals surface area contributed by atoms with Crippen molar-refractivity contribution in [2.45, 2.75) is 32.6 Å². The second kappa shape index (κ2) is 8.36. The largest absolute Gasteiger partial charge is 0.462 e. The van der Waals surface area contributed by atoms with E-state index in [1.54, 1.807) is 19.2 Å². The van der Waals surface area contributed by atoms with Crippen molar-refractivity contribution in [3.8, 4) is 11.4 Å². The predicted octanol–water partition coefficient (Wildman–Crippen LogP) is 5.30. The molecule has 2 aromatic heterocycles. The molecule has 3 aromatic rings. The number of benzene rings is 1. The first-order valence-electron chi connectivity index (χ1n) is 9.72. The summed E-state index contributed by atoms with van der Waals surface area (Å²) < 4.78 is 19.6. The first-order chi connectivity index (χ1) is 14.5. The van der Waals surface area contributed by atoms with Gasteiger partial charge in [0.1, 0.15) is 17.2 Å². The first-order valence-corrected chi connectivity index (χ1v) is 10.1. The highest BCUT2D eigenvalue weighted by molar-refractivity contribution is 6.30. The lowest BCUT2D eigenvalue weighted by atomic mass is 10.1. The van der Waals surface area contributed by atoms with Crippen LogP contribution in [0, 0.1) is 5.82 Å². The lowest BCUT2D eigenvalue weighted by Gasteiger charge is -2.16. The maximum atomic E-state index is 14.5. The van der Waals surface area contributed by atoms with E-state index in [1.807, 2.05) is 0 Å². The molecular weight excluding hydrogens is 407 g/mol. The molecule has 0 saturated heterocycles. The number of aromatic nitrogens is 3. The molecule has 154 valence electrons. The summed E-state index contributed by atoms with van der Waals surface area (Å²) in [6.07, 6.45) is 4.71. The number of fused-ring (bicyclic) bond motifs is 1. The number of hydrogen-bond donors (Lipinski definition) is 1. The number of esters is 1. The monoisotopic (exact) mass is 426 g/mol. The van der Waals surface area contributed by atoms with Crippen molar-refractivity contribution in [2.75, 3.05) is 11.9 Å². The number of nitrogens with one attached hydrogen (secondary N) is 1. The normalized spacial score (nSPS) is 15.0. The Hall–Kier alpha value is -3.06. The van der Waals surface area contributed by atoms with Crippen molar-refractivity contribution in [2.24, 2.45) is 0 Å². The van der Waals surface area contributed by atoms with Crippen LogP contribution in [0.2, 0.25) is 5.02 Å². The Kier molecular flexibility index (Phi) is 5.63. The summed E-state index contributed by atoms with van der Waals surface area (Å²) in [4.78, 5) is 25.6. The van der Waals surface area contributed by atoms with Gasteiger partial charge in [-0.3, -0.25) is 4.98 Å². The van der Waals surface area contributed by atoms with Gasteiger partial charge in [-0.05, 0) is 49.9 Å². The summed E-state index contributed by atoms with van der Waals surface area (Å²) in [7, 11) is 0. The number of ether oxygens (including phenoxy) is 1. The minimum absolute atomic E-state index is 0.230. The van der Waals surface area contributed by atoms with Crippen LogP contribution in [-0.4, -0.2) is 27.5 Å². The van der Waals surface area contributed by atoms with Crippen LogP contribution in [0.15, 0.2) is 36.7 Å². The molecule has 1 N–H and O–H groups in total. The van der Waals surface area contributed by atoms with Crippen molar-refractivity contribution in [3.05, 3.63) is 64.3 Å². The van der Waals surface area contributed by atoms with Crippen LogP contribution in [0.25, 0.3) is 11.4 Å². The van der Waals surface area contributed by atoms with Gasteiger partial charge in [-0.1, -0.05) is 18.5 Å². The number of pyridine rings is 1. The number of nitrogens with zero attached hydrogens (tertiary/aromatic N) is 3. The van der Waals surface area contributed by atoms with E-state index in [0.717, 1.165) is 24.1 Å². The Morgan fingerprint density at radius 3 is 2.97 bits per heavy atom. The molecule has 0 bridgehead atoms. The molecule has 0 amide bonds. The topological polar surface area (TPSA) is 77.0 Å². The van der Waals surface area contributed by atoms with Gasteiger partial charge in [-0.2, -0.15) is 0 Å². The third-order valence-electron chi connectivity index (χ3n) is 5.07. The molecule has 0 radical (unpaired) electrons. The number of rotatable bonds is 5. The Labute approximate surface area is 178 Å². The maximum Gasteiger partial charge on any atom is 0.341 e. The second-order valence-electron chi connectivity index (χ2n) is 7.09. The van der Waals surface area contributed by atoms with Crippen LogP contribution in [0.1, 0.15) is 47.8 Å². The lowest BCUT2D eigenvalue weighted by molar-refractivity contribution is 0.0527. The smallest absolute Gasteiger partial charge is 0.341 e. The zero-order chi connectivity index (χ0) is 21.3. The molecule has 1 aromatic carbocycles. The van der Waals surface area contributed by atoms with Crippen LogP contribution < -0.4 is 5.32 Å². The van der Waals surface area contributed by atoms with E-state index in [9.17, 15) is 9.18 Å². The van der Waals surface area contributed by atoms with E-state index < -0.39 is 11.8 Å². The Morgan fingerprint density at radius 1 is 1.33 bits per heavy atom. The van der Waals surface area contributed by atoms with E-state index in [1.165, 1.54) is 24.4 Å². The van der Waals surface area contributed by atoms with Crippen LogP contribution in [-0.2, 0) is 11.2 Å². The van der Waals surface area contributed by atoms with Crippen molar-refractivity contribution < 1.29 is 13.9 Å². The van der Waals surface area contributed by atoms with Crippen LogP contribution >= 0.6 is 11.6 Å². The van der Waals surface area contributed by atoms with Gasteiger partial charge in [0.05, 0.1) is 23.6 Å². The van der Waals surface area contributed by atoms with Gasteiger partial charge in [0.25, 0.3) is 0 Å². The predicted molar refractivity (Wildman–Crippen MR) is 113 cm³/mol. The fraction of sp³-hybridized carbons (Fsp3) is 0.273. The van der Waals surface area contributed by atoms with E-state index in [4.69, 9.17) is 16.3 Å². The molecule has 1 unspecified atom stereocenters. The van der Waals surface area contributed by atoms with Gasteiger partial charge >= 0.3 is 5.97 Å². The van der Waals surface area contributed by atoms with E-state index in [-0.39, 0.29) is 23.9 Å². The highest BCUT2D eigenvalue weighted by Gasteiger charge is 2.27. The lowest BCUT2D eigenvalue weighted by Crippen LogP contribution is -2.11. The van der Waals surface area contributed by atoms with Crippen molar-refractivity contribution in [1.29, 1.82) is 0 Å². The van der Waals surface area contributed by atoms with Gasteiger partial charge in [0.15, 0.2) is 5.82 Å². The van der Waals surface area contributed by atoms with Crippen LogP contribution in [0.5, 0.6) is 0 Å². The highest BCUT2D eigenvalue weighted by atomic mass is 35.5. The van der Waals surface area contributed by atoms with Crippen LogP contribution in [0.3, 0.4) is 0 Å². The third-order valence-corrected chi connectivity index (χ3v) is 5.31. The third kappa shape index (κ3) is 3.85. The SMILES string of the molecule is CCOC(=O)c1cnccc1Nc1nc(-c2cc(Cl)ccc2F)nc2c1C(C)CC2. The van der Waals surface area contributed by atoms with Gasteiger partial charge in [-0.15, -0.1) is 0 Å². The molecule has 0 saturated carbocycles. The van der Waals surface area contributed by atoms with Crippen LogP contribution in [0.4, 0.5) is 15.9 Å². The molecule has 30 heavy (non-hydrogen) atoms. The molecule has 1 aliphatic carbocycles. The number of carbonyl (C=O) groups excluding carboxylic acids is 1. The molecule has 1 atom stereocenters. The van der Waals surface area contributed by atoms with Crippen molar-refractivity contribution in [3.63, 3.8) is 0 Å². The fourth-order valence-electron chi connectivity index (χ4n) is 3.61. The molecule has 4 rings (SSSR count). The first kappa shape index (κ1) is 20.2. The van der Waals surface area contributed by atoms with Gasteiger partial charge in [0.2, 0.25) is 0 Å². The molecule has 2 heterocycles. The zero-order valence-corrected chi connectivity index (χ0v) is 17.3. The number of halogens is 2. The summed E-state index contributed by atoms with van der Waals surface area (Å²) in [6.45, 7) is 4.09. The second-order valence-corrected chi connectivity index (χ2v) is 7.52. The molecule has 1 aliphatic rings. The molecule has 6 nitrogen and oxygen atoms in total. The average Bonchev–Trinajstić information content (AvgIpc) is 3.11. The average molecular weight is 427 g/mol. The molecule has 0 aliphatic heterocycles. The minimum atomic E-state index is -0.479. The van der Waals surface area contributed by atoms with Crippen molar-refractivity contribution in [1.82, 2.24) is 15.0 Å². The molecule has 0 spiro atoms. The molecular formula is C22H20ClFN4O2. The number of anilines is 2. The van der Waals surface area contributed by atoms with Crippen molar-refractivity contribution >= 4 is 29.1 Å². The summed E-state index contributed by atoms with van der Waals surface area (Å²) in [6, 6.07) is 5.97. The standard InChI is InChI=1S/C22H20ClFN4O2/c1-3-30-22(29)15-11-25-9-8-17(15)26-21-19-12(2)4-7-18(19)27-20(28-21)14-10-13(23)5-6-16(14)24/h5-6,8-12H,3-4,7H2,1-2H3,(H,25,26,27,28). The van der Waals surface area contributed by atoms with Gasteiger partial charge in [-0.25, -0.2) is 19.2 Å². The minimum Gasteiger partial charge on any atom is -0.462 e. The summed E-state index contributed by atoms with van der Waals surface area (Å²) in [5, 5.41) is 3.64.